The Hall–Kier alpha value is -3.08. The number of aromatic nitrogens is 1. The summed E-state index contributed by atoms with van der Waals surface area (Å²) in [5.41, 5.74) is 4.74. The van der Waals surface area contributed by atoms with Crippen molar-refractivity contribution in [3.63, 3.8) is 0 Å². The van der Waals surface area contributed by atoms with E-state index in [0.717, 1.165) is 39.8 Å². The Kier molecular flexibility index (Phi) is 4.80. The third-order valence-electron chi connectivity index (χ3n) is 4.62. The summed E-state index contributed by atoms with van der Waals surface area (Å²) in [6, 6.07) is 9.42. The summed E-state index contributed by atoms with van der Waals surface area (Å²) in [6.07, 6.45) is 2.46. The maximum Gasteiger partial charge on any atom is 0.296 e. The van der Waals surface area contributed by atoms with Gasteiger partial charge in [-0.15, -0.1) is 0 Å². The molecular formula is C21H22N2O3. The van der Waals surface area contributed by atoms with Crippen molar-refractivity contribution in [2.45, 2.75) is 27.2 Å². The number of para-hydroxylation sites is 1. The Morgan fingerprint density at radius 2 is 1.92 bits per heavy atom. The van der Waals surface area contributed by atoms with Crippen LogP contribution in [0.2, 0.25) is 0 Å². The molecular weight excluding hydrogens is 328 g/mol. The zero-order valence-corrected chi connectivity index (χ0v) is 15.4. The van der Waals surface area contributed by atoms with Gasteiger partial charge >= 0.3 is 0 Å². The molecule has 0 aliphatic carbocycles. The van der Waals surface area contributed by atoms with Crippen molar-refractivity contribution >= 4 is 28.3 Å². The number of hydrogen-bond acceptors (Lipinski definition) is 3. The Bertz CT molecular complexity index is 1000. The largest absolute Gasteiger partial charge is 0.496 e. The standard InChI is InChI=1S/C21H22N2O3/c1-5-14-7-6-8-15-16(11-22-19(14)15)20(24)21(25)23-17-9-13(3)18(26-4)10-12(17)2/h6-11,22H,5H2,1-4H3,(H,23,25). The number of benzene rings is 2. The number of Topliss-reactive ketones (excluding diaryl/α,β-unsaturated/α-hetero) is 1. The lowest BCUT2D eigenvalue weighted by Gasteiger charge is -2.12. The molecule has 5 nitrogen and oxygen atoms in total. The highest BCUT2D eigenvalue weighted by Crippen LogP contribution is 2.27. The topological polar surface area (TPSA) is 71.2 Å². The minimum Gasteiger partial charge on any atom is -0.496 e. The summed E-state index contributed by atoms with van der Waals surface area (Å²) in [7, 11) is 1.60. The van der Waals surface area contributed by atoms with Crippen molar-refractivity contribution in [2.24, 2.45) is 0 Å². The van der Waals surface area contributed by atoms with Crippen LogP contribution in [0.1, 0.15) is 34.0 Å². The quantitative estimate of drug-likeness (QED) is 0.536. The van der Waals surface area contributed by atoms with E-state index in [-0.39, 0.29) is 0 Å². The lowest BCUT2D eigenvalue weighted by atomic mass is 10.0. The van der Waals surface area contributed by atoms with Crippen LogP contribution < -0.4 is 10.1 Å². The maximum absolute atomic E-state index is 12.7. The first-order valence-corrected chi connectivity index (χ1v) is 8.56. The van der Waals surface area contributed by atoms with Gasteiger partial charge in [0.25, 0.3) is 11.7 Å². The van der Waals surface area contributed by atoms with Crippen LogP contribution >= 0.6 is 0 Å². The molecule has 0 saturated carbocycles. The highest BCUT2D eigenvalue weighted by atomic mass is 16.5. The van der Waals surface area contributed by atoms with Gasteiger partial charge in [0.15, 0.2) is 0 Å². The minimum absolute atomic E-state index is 0.385. The molecule has 2 N–H and O–H groups in total. The van der Waals surface area contributed by atoms with Crippen molar-refractivity contribution in [1.29, 1.82) is 0 Å². The molecule has 1 aromatic heterocycles. The first kappa shape index (κ1) is 17.7. The number of aryl methyl sites for hydroxylation is 3. The van der Waals surface area contributed by atoms with E-state index in [2.05, 4.69) is 17.2 Å². The second kappa shape index (κ2) is 7.04. The number of nitrogens with one attached hydrogen (secondary N) is 2. The van der Waals surface area contributed by atoms with Gasteiger partial charge in [-0.25, -0.2) is 0 Å². The van der Waals surface area contributed by atoms with Gasteiger partial charge < -0.3 is 15.0 Å². The first-order chi connectivity index (χ1) is 12.5. The average Bonchev–Trinajstić information content (AvgIpc) is 3.07. The normalized spacial score (nSPS) is 10.8. The van der Waals surface area contributed by atoms with E-state index in [1.165, 1.54) is 0 Å². The van der Waals surface area contributed by atoms with Gasteiger partial charge in [-0.1, -0.05) is 25.1 Å². The Morgan fingerprint density at radius 3 is 2.62 bits per heavy atom. The number of H-pyrrole nitrogens is 1. The number of anilines is 1. The Morgan fingerprint density at radius 1 is 1.15 bits per heavy atom. The van der Waals surface area contributed by atoms with Crippen molar-refractivity contribution < 1.29 is 14.3 Å². The second-order valence-corrected chi connectivity index (χ2v) is 6.32. The molecule has 26 heavy (non-hydrogen) atoms. The van der Waals surface area contributed by atoms with E-state index < -0.39 is 11.7 Å². The van der Waals surface area contributed by atoms with E-state index in [1.807, 2.05) is 44.2 Å². The average molecular weight is 350 g/mol. The smallest absolute Gasteiger partial charge is 0.296 e. The number of hydrogen-bond donors (Lipinski definition) is 2. The highest BCUT2D eigenvalue weighted by Gasteiger charge is 2.21. The fraction of sp³-hybridized carbons (Fsp3) is 0.238. The molecule has 1 heterocycles. The molecule has 1 amide bonds. The SMILES string of the molecule is CCc1cccc2c(C(=O)C(=O)Nc3cc(C)c(OC)cc3C)c[nH]c12. The lowest BCUT2D eigenvalue weighted by Crippen LogP contribution is -2.23. The van der Waals surface area contributed by atoms with Crippen LogP contribution in [0.3, 0.4) is 0 Å². The molecule has 0 radical (unpaired) electrons. The van der Waals surface area contributed by atoms with E-state index >= 15 is 0 Å². The fourth-order valence-electron chi connectivity index (χ4n) is 3.15. The second-order valence-electron chi connectivity index (χ2n) is 6.32. The van der Waals surface area contributed by atoms with Crippen LogP contribution in [0.15, 0.2) is 36.5 Å². The van der Waals surface area contributed by atoms with Gasteiger partial charge in [-0.05, 0) is 49.1 Å². The molecule has 3 aromatic rings. The number of amides is 1. The zero-order valence-electron chi connectivity index (χ0n) is 15.4. The van der Waals surface area contributed by atoms with Crippen LogP contribution in [0.4, 0.5) is 5.69 Å². The monoisotopic (exact) mass is 350 g/mol. The van der Waals surface area contributed by atoms with Crippen molar-refractivity contribution in [3.8, 4) is 5.75 Å². The summed E-state index contributed by atoms with van der Waals surface area (Å²) in [6.45, 7) is 5.81. The minimum atomic E-state index is -0.652. The van der Waals surface area contributed by atoms with E-state index in [4.69, 9.17) is 4.74 Å². The molecule has 3 rings (SSSR count). The van der Waals surface area contributed by atoms with E-state index in [1.54, 1.807) is 13.3 Å². The van der Waals surface area contributed by atoms with Crippen LogP contribution in [-0.4, -0.2) is 23.8 Å². The molecule has 0 spiro atoms. The fourth-order valence-corrected chi connectivity index (χ4v) is 3.15. The Balaban J connectivity index is 1.90. The van der Waals surface area contributed by atoms with Crippen molar-refractivity contribution in [2.75, 3.05) is 12.4 Å². The van der Waals surface area contributed by atoms with Gasteiger partial charge in [0.2, 0.25) is 0 Å². The highest BCUT2D eigenvalue weighted by molar-refractivity contribution is 6.48. The number of methoxy groups -OCH3 is 1. The predicted octanol–water partition coefficient (Wildman–Crippen LogP) is 4.18. The van der Waals surface area contributed by atoms with Crippen molar-refractivity contribution in [3.05, 3.63) is 58.8 Å². The van der Waals surface area contributed by atoms with Gasteiger partial charge in [-0.2, -0.15) is 0 Å². The zero-order chi connectivity index (χ0) is 18.8. The third-order valence-corrected chi connectivity index (χ3v) is 4.62. The van der Waals surface area contributed by atoms with Crippen LogP contribution in [0.25, 0.3) is 10.9 Å². The van der Waals surface area contributed by atoms with Gasteiger partial charge in [-0.3, -0.25) is 9.59 Å². The molecule has 5 heteroatoms. The Labute approximate surface area is 152 Å². The molecule has 0 fully saturated rings. The molecule has 2 aromatic carbocycles. The predicted molar refractivity (Wildman–Crippen MR) is 103 cm³/mol. The molecule has 0 atom stereocenters. The van der Waals surface area contributed by atoms with Crippen LogP contribution in [-0.2, 0) is 11.2 Å². The third kappa shape index (κ3) is 3.08. The van der Waals surface area contributed by atoms with E-state index in [9.17, 15) is 9.59 Å². The maximum atomic E-state index is 12.7. The molecule has 0 saturated heterocycles. The number of carbonyl (C=O) groups is 2. The number of rotatable bonds is 5. The van der Waals surface area contributed by atoms with Crippen LogP contribution in [0.5, 0.6) is 5.75 Å². The van der Waals surface area contributed by atoms with Gasteiger partial charge in [0.05, 0.1) is 12.7 Å². The molecule has 0 bridgehead atoms. The number of fused-ring (bicyclic) bond motifs is 1. The summed E-state index contributed by atoms with van der Waals surface area (Å²) in [4.78, 5) is 28.3. The van der Waals surface area contributed by atoms with E-state index in [0.29, 0.717) is 11.3 Å². The molecule has 0 unspecified atom stereocenters. The van der Waals surface area contributed by atoms with Gasteiger partial charge in [0, 0.05) is 22.8 Å². The lowest BCUT2D eigenvalue weighted by molar-refractivity contribution is -0.112. The molecule has 0 aliphatic rings. The number of aromatic amines is 1. The number of carbonyl (C=O) groups excluding carboxylic acids is 2. The number of ether oxygens (including phenoxy) is 1. The first-order valence-electron chi connectivity index (χ1n) is 8.56. The summed E-state index contributed by atoms with van der Waals surface area (Å²) >= 11 is 0. The van der Waals surface area contributed by atoms with Crippen LogP contribution in [0, 0.1) is 13.8 Å². The molecule has 0 aliphatic heterocycles. The summed E-state index contributed by atoms with van der Waals surface area (Å²) in [5.74, 6) is -0.464. The summed E-state index contributed by atoms with van der Waals surface area (Å²) < 4.78 is 5.28. The number of ketones is 1. The molecule has 134 valence electrons. The summed E-state index contributed by atoms with van der Waals surface area (Å²) in [5, 5.41) is 3.50. The van der Waals surface area contributed by atoms with Gasteiger partial charge in [0.1, 0.15) is 5.75 Å². The van der Waals surface area contributed by atoms with Crippen molar-refractivity contribution in [1.82, 2.24) is 4.98 Å².